The average molecular weight is 495 g/mol. The summed E-state index contributed by atoms with van der Waals surface area (Å²) in [6, 6.07) is 3.23. The summed E-state index contributed by atoms with van der Waals surface area (Å²) >= 11 is 0. The Morgan fingerprint density at radius 2 is 2.03 bits per heavy atom. The molecular formula is C25H31FN8O2. The van der Waals surface area contributed by atoms with Crippen molar-refractivity contribution in [2.45, 2.75) is 70.1 Å². The van der Waals surface area contributed by atoms with E-state index < -0.39 is 11.4 Å². The minimum Gasteiger partial charge on any atom is -0.494 e. The third kappa shape index (κ3) is 3.73. The van der Waals surface area contributed by atoms with Crippen LogP contribution in [0.5, 0.6) is 5.75 Å². The van der Waals surface area contributed by atoms with Crippen LogP contribution in [0.1, 0.15) is 56.5 Å². The minimum absolute atomic E-state index is 0.0669. The van der Waals surface area contributed by atoms with E-state index in [1.165, 1.54) is 23.8 Å². The van der Waals surface area contributed by atoms with Crippen LogP contribution in [-0.2, 0) is 6.54 Å². The summed E-state index contributed by atoms with van der Waals surface area (Å²) in [6.45, 7) is 5.48. The van der Waals surface area contributed by atoms with Gasteiger partial charge >= 0.3 is 0 Å². The number of nitrogens with two attached hydrogens (primary N) is 1. The molecule has 0 unspecified atom stereocenters. The summed E-state index contributed by atoms with van der Waals surface area (Å²) in [6.07, 6.45) is 6.66. The highest BCUT2D eigenvalue weighted by Crippen LogP contribution is 2.36. The molecule has 0 spiro atoms. The zero-order valence-corrected chi connectivity index (χ0v) is 20.8. The van der Waals surface area contributed by atoms with E-state index in [-0.39, 0.29) is 17.6 Å². The predicted octanol–water partition coefficient (Wildman–Crippen LogP) is 3.20. The number of methoxy groups -OCH3 is 1. The molecule has 3 N–H and O–H groups in total. The highest BCUT2D eigenvalue weighted by molar-refractivity contribution is 5.93. The summed E-state index contributed by atoms with van der Waals surface area (Å²) in [4.78, 5) is 11.6. The lowest BCUT2D eigenvalue weighted by molar-refractivity contribution is -0.0498. The van der Waals surface area contributed by atoms with Gasteiger partial charge < -0.3 is 20.5 Å². The Morgan fingerprint density at radius 3 is 2.75 bits per heavy atom. The lowest BCUT2D eigenvalue weighted by Gasteiger charge is -2.38. The molecular weight excluding hydrogens is 463 g/mol. The van der Waals surface area contributed by atoms with Crippen molar-refractivity contribution in [1.29, 1.82) is 0 Å². The van der Waals surface area contributed by atoms with E-state index in [1.54, 1.807) is 0 Å². The standard InChI is InChI=1S/C25H31FN8O2/c1-14-5-6-16(11-33(14)20-12-32(30-15(20)2)13-25(35)7-4-8-25)22-29-23-17-9-18(26)21(36-3)10-19(17)28-24(27)34(23)31-22/h9-10,12,14,16,35H,4-8,11,13H2,1-3H3,(H2,27,28)/t14-,16+/m0/s1. The maximum atomic E-state index is 14.5. The summed E-state index contributed by atoms with van der Waals surface area (Å²) in [5.74, 6) is 0.544. The molecule has 0 radical (unpaired) electrons. The lowest BCUT2D eigenvalue weighted by atomic mass is 9.80. The van der Waals surface area contributed by atoms with Crippen LogP contribution in [0.3, 0.4) is 0 Å². The average Bonchev–Trinajstić information content (AvgIpc) is 3.43. The molecule has 0 amide bonds. The van der Waals surface area contributed by atoms with E-state index in [1.807, 2.05) is 17.8 Å². The number of aryl methyl sites for hydroxylation is 1. The molecule has 36 heavy (non-hydrogen) atoms. The van der Waals surface area contributed by atoms with Gasteiger partial charge in [-0.1, -0.05) is 0 Å². The van der Waals surface area contributed by atoms with Crippen LogP contribution in [0.15, 0.2) is 18.3 Å². The molecule has 1 saturated carbocycles. The van der Waals surface area contributed by atoms with Crippen molar-refractivity contribution >= 4 is 28.2 Å². The monoisotopic (exact) mass is 494 g/mol. The maximum absolute atomic E-state index is 14.5. The Bertz CT molecular complexity index is 1460. The Kier molecular flexibility index (Phi) is 5.29. The van der Waals surface area contributed by atoms with Crippen LogP contribution >= 0.6 is 0 Å². The predicted molar refractivity (Wildman–Crippen MR) is 134 cm³/mol. The lowest BCUT2D eigenvalue weighted by Crippen LogP contribution is -2.42. The topological polar surface area (TPSA) is 120 Å². The molecule has 2 aliphatic rings. The number of aliphatic hydroxyl groups is 1. The molecule has 2 atom stereocenters. The number of fused-ring (bicyclic) bond motifs is 3. The second kappa shape index (κ2) is 8.29. The fourth-order valence-corrected chi connectivity index (χ4v) is 5.54. The molecule has 10 nitrogen and oxygen atoms in total. The van der Waals surface area contributed by atoms with Crippen molar-refractivity contribution in [2.75, 3.05) is 24.3 Å². The highest BCUT2D eigenvalue weighted by atomic mass is 19.1. The molecule has 1 saturated heterocycles. The highest BCUT2D eigenvalue weighted by Gasteiger charge is 2.36. The Hall–Kier alpha value is -3.47. The summed E-state index contributed by atoms with van der Waals surface area (Å²) in [7, 11) is 1.41. The van der Waals surface area contributed by atoms with Crippen molar-refractivity contribution in [3.05, 3.63) is 35.7 Å². The van der Waals surface area contributed by atoms with Gasteiger partial charge in [0.2, 0.25) is 5.95 Å². The summed E-state index contributed by atoms with van der Waals surface area (Å²) in [5, 5.41) is 20.5. The minimum atomic E-state index is -0.632. The van der Waals surface area contributed by atoms with Crippen LogP contribution < -0.4 is 15.4 Å². The fraction of sp³-hybridized carbons (Fsp3) is 0.520. The SMILES string of the molecule is COc1cc2nc(N)n3nc([C@@H]4CC[C@H](C)N(c5cn(CC6(O)CCC6)nc5C)C4)nc3c2cc1F. The van der Waals surface area contributed by atoms with Gasteiger partial charge in [0.15, 0.2) is 23.0 Å². The molecule has 4 aromatic rings. The van der Waals surface area contributed by atoms with Crippen molar-refractivity contribution in [1.82, 2.24) is 29.4 Å². The second-order valence-electron chi connectivity index (χ2n) is 10.3. The van der Waals surface area contributed by atoms with E-state index in [9.17, 15) is 9.50 Å². The molecule has 6 rings (SSSR count). The van der Waals surface area contributed by atoms with Gasteiger partial charge in [-0.15, -0.1) is 5.10 Å². The molecule has 190 valence electrons. The van der Waals surface area contributed by atoms with Crippen LogP contribution in [-0.4, -0.2) is 59.8 Å². The van der Waals surface area contributed by atoms with Gasteiger partial charge in [-0.25, -0.2) is 14.4 Å². The number of hydrogen-bond donors (Lipinski definition) is 2. The maximum Gasteiger partial charge on any atom is 0.223 e. The number of aromatic nitrogens is 6. The molecule has 0 bridgehead atoms. The molecule has 1 aliphatic heterocycles. The molecule has 1 aromatic carbocycles. The van der Waals surface area contributed by atoms with Gasteiger partial charge in [0.1, 0.15) is 0 Å². The van der Waals surface area contributed by atoms with Gasteiger partial charge in [-0.3, -0.25) is 4.68 Å². The van der Waals surface area contributed by atoms with Crippen molar-refractivity contribution in [3.8, 4) is 5.75 Å². The largest absolute Gasteiger partial charge is 0.494 e. The Balaban J connectivity index is 1.32. The molecule has 4 heterocycles. The summed E-state index contributed by atoms with van der Waals surface area (Å²) in [5.41, 5.74) is 8.57. The van der Waals surface area contributed by atoms with E-state index in [2.05, 4.69) is 16.8 Å². The van der Waals surface area contributed by atoms with Crippen LogP contribution in [0.2, 0.25) is 0 Å². The van der Waals surface area contributed by atoms with Crippen molar-refractivity contribution in [3.63, 3.8) is 0 Å². The van der Waals surface area contributed by atoms with Crippen molar-refractivity contribution < 1.29 is 14.2 Å². The third-order valence-electron chi connectivity index (χ3n) is 7.80. The van der Waals surface area contributed by atoms with Crippen LogP contribution in [0.25, 0.3) is 16.6 Å². The van der Waals surface area contributed by atoms with Gasteiger partial charge in [-0.05, 0) is 52.0 Å². The molecule has 2 fully saturated rings. The number of anilines is 2. The zero-order chi connectivity index (χ0) is 25.2. The Morgan fingerprint density at radius 1 is 1.22 bits per heavy atom. The number of nitrogens with zero attached hydrogens (tertiary/aromatic N) is 7. The molecule has 1 aliphatic carbocycles. The smallest absolute Gasteiger partial charge is 0.223 e. The summed E-state index contributed by atoms with van der Waals surface area (Å²) < 4.78 is 23.0. The number of hydrogen-bond acceptors (Lipinski definition) is 8. The van der Waals surface area contributed by atoms with Gasteiger partial charge in [-0.2, -0.15) is 9.61 Å². The van der Waals surface area contributed by atoms with Crippen LogP contribution in [0, 0.1) is 12.7 Å². The van der Waals surface area contributed by atoms with E-state index in [4.69, 9.17) is 25.7 Å². The number of halogens is 1. The zero-order valence-electron chi connectivity index (χ0n) is 20.8. The number of benzene rings is 1. The first kappa shape index (κ1) is 23.0. The Labute approximate surface area is 207 Å². The number of rotatable bonds is 5. The fourth-order valence-electron chi connectivity index (χ4n) is 5.54. The molecule has 3 aromatic heterocycles. The first-order valence-electron chi connectivity index (χ1n) is 12.5. The van der Waals surface area contributed by atoms with E-state index in [0.717, 1.165) is 50.0 Å². The number of piperidine rings is 1. The van der Waals surface area contributed by atoms with Crippen LogP contribution in [0.4, 0.5) is 16.0 Å². The van der Waals surface area contributed by atoms with E-state index in [0.29, 0.717) is 35.0 Å². The number of nitrogen functional groups attached to an aromatic ring is 1. The molecule has 11 heteroatoms. The number of ether oxygens (including phenoxy) is 1. The second-order valence-corrected chi connectivity index (χ2v) is 10.3. The quantitative estimate of drug-likeness (QED) is 0.434. The van der Waals surface area contributed by atoms with E-state index >= 15 is 0 Å². The van der Waals surface area contributed by atoms with Gasteiger partial charge in [0.05, 0.1) is 36.2 Å². The van der Waals surface area contributed by atoms with Gasteiger partial charge in [0.25, 0.3) is 0 Å². The third-order valence-corrected chi connectivity index (χ3v) is 7.80. The van der Waals surface area contributed by atoms with Crippen molar-refractivity contribution in [2.24, 2.45) is 0 Å². The first-order valence-corrected chi connectivity index (χ1v) is 12.5. The normalized spacial score (nSPS) is 21.8. The first-order chi connectivity index (χ1) is 17.2. The van der Waals surface area contributed by atoms with Gasteiger partial charge in [0, 0.05) is 36.2 Å².